The van der Waals surface area contributed by atoms with Crippen molar-refractivity contribution in [1.29, 1.82) is 0 Å². The van der Waals surface area contributed by atoms with Crippen LogP contribution in [0.4, 0.5) is 13.2 Å². The molecule has 0 bridgehead atoms. The smallest absolute Gasteiger partial charge is 0.326 e. The Balaban J connectivity index is 2.08. The lowest BCUT2D eigenvalue weighted by atomic mass is 9.97. The highest BCUT2D eigenvalue weighted by Crippen LogP contribution is 2.31. The molecule has 22 heavy (non-hydrogen) atoms. The van der Waals surface area contributed by atoms with Gasteiger partial charge in [-0.25, -0.2) is 0 Å². The van der Waals surface area contributed by atoms with Gasteiger partial charge in [-0.3, -0.25) is 4.68 Å². The van der Waals surface area contributed by atoms with E-state index >= 15 is 0 Å². The maximum Gasteiger partial charge on any atom is 0.408 e. The third-order valence-corrected chi connectivity index (χ3v) is 3.52. The summed E-state index contributed by atoms with van der Waals surface area (Å²) in [5.41, 5.74) is 8.24. The van der Waals surface area contributed by atoms with Crippen LogP contribution in [0, 0.1) is 0 Å². The first-order valence-electron chi connectivity index (χ1n) is 6.78. The fourth-order valence-corrected chi connectivity index (χ4v) is 2.56. The predicted octanol–water partition coefficient (Wildman–Crippen LogP) is 3.72. The van der Waals surface area contributed by atoms with Gasteiger partial charge in [0, 0.05) is 18.3 Å². The van der Waals surface area contributed by atoms with Crippen molar-refractivity contribution in [3.05, 3.63) is 54.4 Å². The molecule has 3 aromatic rings. The van der Waals surface area contributed by atoms with Crippen LogP contribution in [0.2, 0.25) is 0 Å². The van der Waals surface area contributed by atoms with Crippen LogP contribution in [0.25, 0.3) is 21.9 Å². The zero-order chi connectivity index (χ0) is 15.7. The number of alkyl halides is 3. The van der Waals surface area contributed by atoms with E-state index in [1.807, 2.05) is 36.4 Å². The van der Waals surface area contributed by atoms with Crippen LogP contribution < -0.4 is 5.73 Å². The van der Waals surface area contributed by atoms with Gasteiger partial charge < -0.3 is 5.73 Å². The van der Waals surface area contributed by atoms with Gasteiger partial charge in [0.1, 0.15) is 6.54 Å². The lowest BCUT2D eigenvalue weighted by Crippen LogP contribution is -2.17. The van der Waals surface area contributed by atoms with Crippen molar-refractivity contribution in [3.63, 3.8) is 0 Å². The van der Waals surface area contributed by atoms with E-state index in [9.17, 15) is 13.2 Å². The lowest BCUT2D eigenvalue weighted by Gasteiger charge is -2.09. The van der Waals surface area contributed by atoms with Gasteiger partial charge in [0.05, 0.1) is 6.20 Å². The molecule has 114 valence electrons. The Labute approximate surface area is 125 Å². The van der Waals surface area contributed by atoms with Crippen molar-refractivity contribution in [2.75, 3.05) is 0 Å². The first-order valence-corrected chi connectivity index (χ1v) is 6.78. The number of halogens is 3. The van der Waals surface area contributed by atoms with Gasteiger partial charge >= 0.3 is 6.18 Å². The second-order valence-corrected chi connectivity index (χ2v) is 5.06. The minimum atomic E-state index is -4.28. The number of aromatic nitrogens is 2. The Morgan fingerprint density at radius 1 is 1.05 bits per heavy atom. The maximum atomic E-state index is 12.4. The summed E-state index contributed by atoms with van der Waals surface area (Å²) in [6, 6.07) is 11.5. The highest BCUT2D eigenvalue weighted by atomic mass is 19.4. The number of hydrogen-bond acceptors (Lipinski definition) is 2. The first-order chi connectivity index (χ1) is 10.5. The molecular weight excluding hydrogens is 291 g/mol. The standard InChI is InChI=1S/C16H14F3N3/c17-16(18,19)10-22-9-12(8-21-22)14-6-5-11(7-20)13-3-1-2-4-15(13)14/h1-6,8-9H,7,10,20H2. The molecule has 3 nitrogen and oxygen atoms in total. The van der Waals surface area contributed by atoms with Gasteiger partial charge in [-0.2, -0.15) is 18.3 Å². The van der Waals surface area contributed by atoms with E-state index in [1.165, 1.54) is 12.4 Å². The molecule has 0 unspecified atom stereocenters. The first kappa shape index (κ1) is 14.6. The van der Waals surface area contributed by atoms with Crippen molar-refractivity contribution >= 4 is 10.8 Å². The summed E-state index contributed by atoms with van der Waals surface area (Å²) in [6.45, 7) is -0.681. The molecule has 0 spiro atoms. The second kappa shape index (κ2) is 5.46. The van der Waals surface area contributed by atoms with E-state index in [-0.39, 0.29) is 0 Å². The average Bonchev–Trinajstić information content (AvgIpc) is 2.92. The minimum Gasteiger partial charge on any atom is -0.326 e. The van der Waals surface area contributed by atoms with Gasteiger partial charge in [-0.05, 0) is 21.9 Å². The highest BCUT2D eigenvalue weighted by molar-refractivity contribution is 5.98. The summed E-state index contributed by atoms with van der Waals surface area (Å²) in [4.78, 5) is 0. The number of nitrogens with zero attached hydrogens (tertiary/aromatic N) is 2. The van der Waals surface area contributed by atoms with E-state index in [4.69, 9.17) is 5.73 Å². The number of benzene rings is 2. The van der Waals surface area contributed by atoms with Crippen molar-refractivity contribution in [2.45, 2.75) is 19.3 Å². The summed E-state index contributed by atoms with van der Waals surface area (Å²) in [6.07, 6.45) is -1.41. The van der Waals surface area contributed by atoms with E-state index < -0.39 is 12.7 Å². The molecule has 2 aromatic carbocycles. The van der Waals surface area contributed by atoms with Gasteiger partial charge in [-0.1, -0.05) is 36.4 Å². The second-order valence-electron chi connectivity index (χ2n) is 5.06. The lowest BCUT2D eigenvalue weighted by molar-refractivity contribution is -0.142. The SMILES string of the molecule is NCc1ccc(-c2cnn(CC(F)(F)F)c2)c2ccccc12. The molecule has 0 aliphatic carbocycles. The number of hydrogen-bond donors (Lipinski definition) is 1. The van der Waals surface area contributed by atoms with Crippen LogP contribution in [0.15, 0.2) is 48.8 Å². The molecule has 6 heteroatoms. The molecule has 0 saturated carbocycles. The zero-order valence-electron chi connectivity index (χ0n) is 11.6. The molecule has 0 radical (unpaired) electrons. The Morgan fingerprint density at radius 3 is 2.45 bits per heavy atom. The molecule has 0 aliphatic heterocycles. The molecule has 0 fully saturated rings. The normalized spacial score (nSPS) is 12.0. The third kappa shape index (κ3) is 2.82. The van der Waals surface area contributed by atoms with E-state index in [1.54, 1.807) is 0 Å². The third-order valence-electron chi connectivity index (χ3n) is 3.52. The van der Waals surface area contributed by atoms with E-state index in [2.05, 4.69) is 5.10 Å². The molecule has 0 atom stereocenters. The van der Waals surface area contributed by atoms with Crippen molar-refractivity contribution in [1.82, 2.24) is 9.78 Å². The number of rotatable bonds is 3. The molecule has 1 aromatic heterocycles. The van der Waals surface area contributed by atoms with Gasteiger partial charge in [0.15, 0.2) is 0 Å². The summed E-state index contributed by atoms with van der Waals surface area (Å²) >= 11 is 0. The van der Waals surface area contributed by atoms with Crippen molar-refractivity contribution < 1.29 is 13.2 Å². The molecule has 0 saturated heterocycles. The highest BCUT2D eigenvalue weighted by Gasteiger charge is 2.28. The van der Waals surface area contributed by atoms with Gasteiger partial charge in [0.2, 0.25) is 0 Å². The van der Waals surface area contributed by atoms with Crippen LogP contribution in [0.1, 0.15) is 5.56 Å². The monoisotopic (exact) mass is 305 g/mol. The van der Waals surface area contributed by atoms with Crippen LogP contribution in [0.3, 0.4) is 0 Å². The molecule has 1 heterocycles. The van der Waals surface area contributed by atoms with Crippen LogP contribution >= 0.6 is 0 Å². The Bertz CT molecular complexity index is 806. The van der Waals surface area contributed by atoms with E-state index in [0.29, 0.717) is 12.1 Å². The topological polar surface area (TPSA) is 43.8 Å². The van der Waals surface area contributed by atoms with Crippen LogP contribution in [-0.2, 0) is 13.1 Å². The van der Waals surface area contributed by atoms with Crippen molar-refractivity contribution in [2.24, 2.45) is 5.73 Å². The number of fused-ring (bicyclic) bond motifs is 1. The van der Waals surface area contributed by atoms with Gasteiger partial charge in [0.25, 0.3) is 0 Å². The summed E-state index contributed by atoms with van der Waals surface area (Å²) in [5, 5.41) is 5.76. The minimum absolute atomic E-state index is 0.411. The number of nitrogens with two attached hydrogens (primary N) is 1. The Hall–Kier alpha value is -2.34. The van der Waals surface area contributed by atoms with Crippen LogP contribution in [-0.4, -0.2) is 16.0 Å². The quantitative estimate of drug-likeness (QED) is 0.801. The van der Waals surface area contributed by atoms with Crippen molar-refractivity contribution in [3.8, 4) is 11.1 Å². The molecule has 3 rings (SSSR count). The molecule has 0 aliphatic rings. The molecule has 2 N–H and O–H groups in total. The largest absolute Gasteiger partial charge is 0.408 e. The van der Waals surface area contributed by atoms with E-state index in [0.717, 1.165) is 26.6 Å². The van der Waals surface area contributed by atoms with Gasteiger partial charge in [-0.15, -0.1) is 0 Å². The predicted molar refractivity (Wildman–Crippen MR) is 79.1 cm³/mol. The maximum absolute atomic E-state index is 12.4. The summed E-state index contributed by atoms with van der Waals surface area (Å²) < 4.78 is 38.2. The summed E-state index contributed by atoms with van der Waals surface area (Å²) in [5.74, 6) is 0. The fraction of sp³-hybridized carbons (Fsp3) is 0.188. The fourth-order valence-electron chi connectivity index (χ4n) is 2.56. The zero-order valence-corrected chi connectivity index (χ0v) is 11.6. The Morgan fingerprint density at radius 2 is 1.77 bits per heavy atom. The molecular formula is C16H14F3N3. The Kier molecular flexibility index (Phi) is 3.62. The van der Waals surface area contributed by atoms with Crippen LogP contribution in [0.5, 0.6) is 0 Å². The molecule has 0 amide bonds. The summed E-state index contributed by atoms with van der Waals surface area (Å²) in [7, 11) is 0. The average molecular weight is 305 g/mol.